The summed E-state index contributed by atoms with van der Waals surface area (Å²) >= 11 is 0. The summed E-state index contributed by atoms with van der Waals surface area (Å²) < 4.78 is 51.8. The predicted molar refractivity (Wildman–Crippen MR) is 95.0 cm³/mol. The summed E-state index contributed by atoms with van der Waals surface area (Å²) in [5.41, 5.74) is -2.65. The van der Waals surface area contributed by atoms with Gasteiger partial charge in [-0.05, 0) is 42.9 Å². The number of fused-ring (bicyclic) bond motifs is 1. The van der Waals surface area contributed by atoms with Gasteiger partial charge in [0.15, 0.2) is 11.5 Å². The SMILES string of the molecule is COc1ccc(CC(=O)N2N=C3CC[C@H](C)C[C@H]3[C@@]2(O)C(F)(F)F)cc1OC. The molecule has 0 bridgehead atoms. The first-order chi connectivity index (χ1) is 13.1. The minimum atomic E-state index is -5.02. The maximum Gasteiger partial charge on any atom is 0.439 e. The van der Waals surface area contributed by atoms with Gasteiger partial charge in [-0.15, -0.1) is 0 Å². The summed E-state index contributed by atoms with van der Waals surface area (Å²) in [6.45, 7) is 1.84. The number of hydrogen-bond acceptors (Lipinski definition) is 5. The van der Waals surface area contributed by atoms with Crippen molar-refractivity contribution in [3.63, 3.8) is 0 Å². The van der Waals surface area contributed by atoms with Gasteiger partial charge in [0.05, 0.1) is 26.6 Å². The Kier molecular flexibility index (Phi) is 5.31. The predicted octanol–water partition coefficient (Wildman–Crippen LogP) is 3.13. The zero-order valence-electron chi connectivity index (χ0n) is 15.9. The molecule has 0 spiro atoms. The number of ether oxygens (including phenoxy) is 2. The number of aliphatic hydroxyl groups is 1. The fourth-order valence-corrected chi connectivity index (χ4v) is 3.90. The molecule has 1 amide bonds. The van der Waals surface area contributed by atoms with Crippen LogP contribution in [0.5, 0.6) is 11.5 Å². The number of carbonyl (C=O) groups is 1. The molecule has 1 aliphatic heterocycles. The number of carbonyl (C=O) groups excluding carboxylic acids is 1. The summed E-state index contributed by atoms with van der Waals surface area (Å²) in [4.78, 5) is 12.7. The first-order valence-electron chi connectivity index (χ1n) is 9.02. The number of alkyl halides is 3. The second kappa shape index (κ2) is 7.27. The second-order valence-electron chi connectivity index (χ2n) is 7.32. The fourth-order valence-electron chi connectivity index (χ4n) is 3.90. The Morgan fingerprint density at radius 2 is 2.00 bits per heavy atom. The molecule has 6 nitrogen and oxygen atoms in total. The molecule has 0 saturated heterocycles. The van der Waals surface area contributed by atoms with E-state index in [1.54, 1.807) is 12.1 Å². The van der Waals surface area contributed by atoms with Crippen molar-refractivity contribution in [1.82, 2.24) is 5.01 Å². The molecule has 1 fully saturated rings. The van der Waals surface area contributed by atoms with Crippen LogP contribution in [0.15, 0.2) is 23.3 Å². The lowest BCUT2D eigenvalue weighted by atomic mass is 9.76. The zero-order chi connectivity index (χ0) is 20.7. The quantitative estimate of drug-likeness (QED) is 0.843. The smallest absolute Gasteiger partial charge is 0.439 e. The summed E-state index contributed by atoms with van der Waals surface area (Å²) in [5, 5.41) is 14.8. The molecular weight excluding hydrogens is 377 g/mol. The van der Waals surface area contributed by atoms with Gasteiger partial charge in [0.25, 0.3) is 5.72 Å². The molecule has 1 heterocycles. The van der Waals surface area contributed by atoms with Crippen LogP contribution in [0.25, 0.3) is 0 Å². The maximum absolute atomic E-state index is 13.9. The van der Waals surface area contributed by atoms with E-state index in [-0.39, 0.29) is 29.5 Å². The van der Waals surface area contributed by atoms with Crippen LogP contribution < -0.4 is 9.47 Å². The Morgan fingerprint density at radius 1 is 1.32 bits per heavy atom. The molecule has 1 aliphatic carbocycles. The van der Waals surface area contributed by atoms with Crippen LogP contribution >= 0.6 is 0 Å². The minimum absolute atomic E-state index is 0.0127. The largest absolute Gasteiger partial charge is 0.493 e. The Morgan fingerprint density at radius 3 is 2.61 bits per heavy atom. The number of hydrogen-bond donors (Lipinski definition) is 1. The lowest BCUT2D eigenvalue weighted by Gasteiger charge is -2.39. The van der Waals surface area contributed by atoms with Gasteiger partial charge < -0.3 is 14.6 Å². The molecule has 9 heteroatoms. The average molecular weight is 400 g/mol. The molecule has 0 radical (unpaired) electrons. The van der Waals surface area contributed by atoms with Crippen molar-refractivity contribution < 1.29 is 32.5 Å². The summed E-state index contributed by atoms with van der Waals surface area (Å²) in [5.74, 6) is -1.35. The summed E-state index contributed by atoms with van der Waals surface area (Å²) in [6.07, 6.45) is -4.23. The van der Waals surface area contributed by atoms with E-state index in [9.17, 15) is 23.1 Å². The third kappa shape index (κ3) is 3.32. The minimum Gasteiger partial charge on any atom is -0.493 e. The van der Waals surface area contributed by atoms with E-state index in [4.69, 9.17) is 9.47 Å². The highest BCUT2D eigenvalue weighted by atomic mass is 19.4. The molecule has 3 atom stereocenters. The molecule has 1 aromatic carbocycles. The number of benzene rings is 1. The first kappa shape index (κ1) is 20.4. The first-order valence-corrected chi connectivity index (χ1v) is 9.02. The third-order valence-electron chi connectivity index (χ3n) is 5.43. The van der Waals surface area contributed by atoms with Crippen molar-refractivity contribution in [1.29, 1.82) is 0 Å². The lowest BCUT2D eigenvalue weighted by Crippen LogP contribution is -2.62. The Hall–Kier alpha value is -2.29. The number of hydrazone groups is 1. The van der Waals surface area contributed by atoms with E-state index in [1.165, 1.54) is 20.3 Å². The Bertz CT molecular complexity index is 796. The van der Waals surface area contributed by atoms with E-state index >= 15 is 0 Å². The molecule has 1 saturated carbocycles. The van der Waals surface area contributed by atoms with Crippen LogP contribution in [0, 0.1) is 11.8 Å². The highest BCUT2D eigenvalue weighted by Crippen LogP contribution is 2.49. The molecule has 1 N–H and O–H groups in total. The number of rotatable bonds is 4. The van der Waals surface area contributed by atoms with Crippen LogP contribution in [0.1, 0.15) is 31.7 Å². The van der Waals surface area contributed by atoms with Crippen LogP contribution in [-0.4, -0.2) is 47.9 Å². The van der Waals surface area contributed by atoms with E-state index in [2.05, 4.69) is 5.10 Å². The Labute approximate surface area is 160 Å². The van der Waals surface area contributed by atoms with Gasteiger partial charge in [0, 0.05) is 5.71 Å². The van der Waals surface area contributed by atoms with E-state index in [1.807, 2.05) is 6.92 Å². The average Bonchev–Trinajstić information content (AvgIpc) is 2.95. The third-order valence-corrected chi connectivity index (χ3v) is 5.43. The van der Waals surface area contributed by atoms with Crippen LogP contribution in [0.3, 0.4) is 0 Å². The van der Waals surface area contributed by atoms with Crippen molar-refractivity contribution in [3.05, 3.63) is 23.8 Å². The van der Waals surface area contributed by atoms with Gasteiger partial charge in [-0.1, -0.05) is 13.0 Å². The van der Waals surface area contributed by atoms with Crippen molar-refractivity contribution in [2.24, 2.45) is 16.9 Å². The standard InChI is InChI=1S/C19H23F3N2O4/c1-11-4-6-14-13(8-11)18(26,19(20,21)22)24(23-14)17(25)10-12-5-7-15(27-2)16(9-12)28-3/h5,7,9,11,13,26H,4,6,8,10H2,1-3H3/t11-,13+,18+/m0/s1. The van der Waals surface area contributed by atoms with Gasteiger partial charge in [-0.3, -0.25) is 4.79 Å². The van der Waals surface area contributed by atoms with Gasteiger partial charge in [-0.2, -0.15) is 23.3 Å². The van der Waals surface area contributed by atoms with Crippen molar-refractivity contribution in [2.45, 2.75) is 44.5 Å². The molecule has 154 valence electrons. The van der Waals surface area contributed by atoms with Crippen LogP contribution in [0.4, 0.5) is 13.2 Å². The topological polar surface area (TPSA) is 71.4 Å². The number of halogens is 3. The summed E-state index contributed by atoms with van der Waals surface area (Å²) in [7, 11) is 2.87. The van der Waals surface area contributed by atoms with Crippen LogP contribution in [-0.2, 0) is 11.2 Å². The van der Waals surface area contributed by atoms with Crippen molar-refractivity contribution >= 4 is 11.6 Å². The van der Waals surface area contributed by atoms with Gasteiger partial charge in [0.2, 0.25) is 5.91 Å². The van der Waals surface area contributed by atoms with E-state index in [0.717, 1.165) is 0 Å². The number of nitrogens with zero attached hydrogens (tertiary/aromatic N) is 2. The molecule has 28 heavy (non-hydrogen) atoms. The molecule has 3 rings (SSSR count). The Balaban J connectivity index is 1.90. The molecule has 0 unspecified atom stereocenters. The molecule has 2 aliphatic rings. The molecule has 0 aromatic heterocycles. The second-order valence-corrected chi connectivity index (χ2v) is 7.32. The van der Waals surface area contributed by atoms with E-state index < -0.39 is 23.7 Å². The fraction of sp³-hybridized carbons (Fsp3) is 0.579. The summed E-state index contributed by atoms with van der Waals surface area (Å²) in [6, 6.07) is 4.64. The number of methoxy groups -OCH3 is 2. The van der Waals surface area contributed by atoms with Gasteiger partial charge in [-0.25, -0.2) is 0 Å². The molecule has 1 aromatic rings. The lowest BCUT2D eigenvalue weighted by molar-refractivity contribution is -0.317. The van der Waals surface area contributed by atoms with Crippen LogP contribution in [0.2, 0.25) is 0 Å². The monoisotopic (exact) mass is 400 g/mol. The van der Waals surface area contributed by atoms with Crippen molar-refractivity contribution in [3.8, 4) is 11.5 Å². The maximum atomic E-state index is 13.9. The zero-order valence-corrected chi connectivity index (χ0v) is 15.9. The van der Waals surface area contributed by atoms with Gasteiger partial charge in [0.1, 0.15) is 0 Å². The van der Waals surface area contributed by atoms with Gasteiger partial charge >= 0.3 is 6.18 Å². The van der Waals surface area contributed by atoms with Crippen molar-refractivity contribution in [2.75, 3.05) is 14.2 Å². The normalized spacial score (nSPS) is 27.2. The van der Waals surface area contributed by atoms with E-state index in [0.29, 0.717) is 29.9 Å². The number of amides is 1. The highest BCUT2D eigenvalue weighted by Gasteiger charge is 2.68. The molecular formula is C19H23F3N2O4. The highest BCUT2D eigenvalue weighted by molar-refractivity contribution is 5.93.